The summed E-state index contributed by atoms with van der Waals surface area (Å²) < 4.78 is 2.30. The van der Waals surface area contributed by atoms with Gasteiger partial charge in [0.15, 0.2) is 5.65 Å². The van der Waals surface area contributed by atoms with Gasteiger partial charge in [-0.05, 0) is 24.3 Å². The summed E-state index contributed by atoms with van der Waals surface area (Å²) in [5.74, 6) is 1.43. The molecule has 0 bridgehead atoms. The molecule has 108 valence electrons. The molecular formula is C17H20N4. The van der Waals surface area contributed by atoms with Gasteiger partial charge in [0.1, 0.15) is 6.33 Å². The number of aromatic nitrogens is 3. The third-order valence-corrected chi connectivity index (χ3v) is 4.45. The first-order chi connectivity index (χ1) is 10.2. The van der Waals surface area contributed by atoms with Crippen molar-refractivity contribution in [2.75, 3.05) is 18.1 Å². The number of fused-ring (bicyclic) bond motifs is 3. The Morgan fingerprint density at radius 1 is 1.05 bits per heavy atom. The van der Waals surface area contributed by atoms with Crippen LogP contribution in [-0.2, 0) is 0 Å². The highest BCUT2D eigenvalue weighted by molar-refractivity contribution is 6.06. The van der Waals surface area contributed by atoms with Crippen molar-refractivity contribution >= 4 is 21.9 Å². The Hall–Kier alpha value is -2.10. The standard InChI is InChI=1S/C17H20N4/c1-12-7-13(2)10-20(9-12)21-16-6-4-3-5-14(16)15-8-18-11-19-17(15)21/h3-6,8,11-13H,7,9-10H2,1-2H3. The predicted octanol–water partition coefficient (Wildman–Crippen LogP) is 3.20. The number of para-hydroxylation sites is 1. The number of hydrogen-bond acceptors (Lipinski definition) is 3. The van der Waals surface area contributed by atoms with Crippen LogP contribution in [0.15, 0.2) is 36.8 Å². The van der Waals surface area contributed by atoms with Gasteiger partial charge >= 0.3 is 0 Å². The molecule has 0 aliphatic carbocycles. The second-order valence-corrected chi connectivity index (χ2v) is 6.41. The van der Waals surface area contributed by atoms with E-state index < -0.39 is 0 Å². The number of rotatable bonds is 1. The molecule has 2 aromatic heterocycles. The Morgan fingerprint density at radius 3 is 2.62 bits per heavy atom. The quantitative estimate of drug-likeness (QED) is 0.686. The van der Waals surface area contributed by atoms with Crippen molar-refractivity contribution in [1.29, 1.82) is 0 Å². The van der Waals surface area contributed by atoms with Crippen LogP contribution in [-0.4, -0.2) is 27.7 Å². The van der Waals surface area contributed by atoms with E-state index in [4.69, 9.17) is 0 Å². The molecule has 1 aliphatic rings. The minimum Gasteiger partial charge on any atom is -0.310 e. The van der Waals surface area contributed by atoms with E-state index in [2.05, 4.69) is 57.8 Å². The molecule has 21 heavy (non-hydrogen) atoms. The Morgan fingerprint density at radius 2 is 1.81 bits per heavy atom. The van der Waals surface area contributed by atoms with E-state index in [9.17, 15) is 0 Å². The summed E-state index contributed by atoms with van der Waals surface area (Å²) in [4.78, 5) is 8.76. The summed E-state index contributed by atoms with van der Waals surface area (Å²) in [6.07, 6.45) is 4.88. The lowest BCUT2D eigenvalue weighted by Crippen LogP contribution is -2.45. The van der Waals surface area contributed by atoms with E-state index in [0.717, 1.165) is 24.1 Å². The highest BCUT2D eigenvalue weighted by atomic mass is 15.6. The third-order valence-electron chi connectivity index (χ3n) is 4.45. The molecule has 1 fully saturated rings. The minimum atomic E-state index is 0.715. The van der Waals surface area contributed by atoms with Crippen molar-refractivity contribution in [3.63, 3.8) is 0 Å². The molecular weight excluding hydrogens is 260 g/mol. The maximum Gasteiger partial charge on any atom is 0.163 e. The maximum atomic E-state index is 4.55. The Kier molecular flexibility index (Phi) is 2.84. The number of benzene rings is 1. The highest BCUT2D eigenvalue weighted by Gasteiger charge is 2.25. The fourth-order valence-electron chi connectivity index (χ4n) is 3.76. The fourth-order valence-corrected chi connectivity index (χ4v) is 3.76. The first-order valence-electron chi connectivity index (χ1n) is 7.68. The summed E-state index contributed by atoms with van der Waals surface area (Å²) in [5, 5.41) is 4.83. The molecule has 0 saturated carbocycles. The summed E-state index contributed by atoms with van der Waals surface area (Å²) in [6, 6.07) is 8.53. The Labute approximate surface area is 124 Å². The van der Waals surface area contributed by atoms with Crippen molar-refractivity contribution in [1.82, 2.24) is 14.6 Å². The number of nitrogens with zero attached hydrogens (tertiary/aromatic N) is 4. The van der Waals surface area contributed by atoms with Crippen LogP contribution in [0.1, 0.15) is 20.3 Å². The number of piperidine rings is 1. The summed E-state index contributed by atoms with van der Waals surface area (Å²) in [5.41, 5.74) is 2.25. The zero-order valence-electron chi connectivity index (χ0n) is 12.5. The molecule has 4 heteroatoms. The Balaban J connectivity index is 1.97. The third kappa shape index (κ3) is 1.97. The van der Waals surface area contributed by atoms with E-state index in [1.807, 2.05) is 6.20 Å². The second kappa shape index (κ2) is 4.72. The van der Waals surface area contributed by atoms with Crippen LogP contribution in [0.4, 0.5) is 0 Å². The van der Waals surface area contributed by atoms with E-state index in [1.54, 1.807) is 6.33 Å². The molecule has 3 aromatic rings. The molecule has 0 amide bonds. The van der Waals surface area contributed by atoms with Crippen LogP contribution in [0.5, 0.6) is 0 Å². The van der Waals surface area contributed by atoms with E-state index in [1.165, 1.54) is 17.3 Å². The summed E-state index contributed by atoms with van der Waals surface area (Å²) in [7, 11) is 0. The first-order valence-corrected chi connectivity index (χ1v) is 7.68. The molecule has 2 unspecified atom stereocenters. The van der Waals surface area contributed by atoms with Crippen molar-refractivity contribution < 1.29 is 0 Å². The number of hydrogen-bond donors (Lipinski definition) is 0. The summed E-state index contributed by atoms with van der Waals surface area (Å²) in [6.45, 7) is 6.85. The van der Waals surface area contributed by atoms with Gasteiger partial charge in [-0.25, -0.2) is 14.6 Å². The molecule has 3 heterocycles. The van der Waals surface area contributed by atoms with Gasteiger partial charge in [0.25, 0.3) is 0 Å². The summed E-state index contributed by atoms with van der Waals surface area (Å²) >= 11 is 0. The van der Waals surface area contributed by atoms with Crippen LogP contribution < -0.4 is 5.01 Å². The molecule has 2 atom stereocenters. The zero-order valence-corrected chi connectivity index (χ0v) is 12.5. The van der Waals surface area contributed by atoms with Gasteiger partial charge < -0.3 is 5.01 Å². The lowest BCUT2D eigenvalue weighted by Gasteiger charge is -2.37. The zero-order chi connectivity index (χ0) is 14.4. The molecule has 1 aliphatic heterocycles. The van der Waals surface area contributed by atoms with E-state index >= 15 is 0 Å². The first kappa shape index (κ1) is 12.6. The molecule has 4 rings (SSSR count). The van der Waals surface area contributed by atoms with Gasteiger partial charge in [-0.2, -0.15) is 0 Å². The van der Waals surface area contributed by atoms with Crippen LogP contribution in [0, 0.1) is 11.8 Å². The lowest BCUT2D eigenvalue weighted by atomic mass is 9.93. The molecule has 0 N–H and O–H groups in total. The predicted molar refractivity (Wildman–Crippen MR) is 85.9 cm³/mol. The van der Waals surface area contributed by atoms with Gasteiger partial charge in [0.2, 0.25) is 0 Å². The van der Waals surface area contributed by atoms with Crippen molar-refractivity contribution in [2.24, 2.45) is 11.8 Å². The van der Waals surface area contributed by atoms with Crippen molar-refractivity contribution in [2.45, 2.75) is 20.3 Å². The monoisotopic (exact) mass is 280 g/mol. The molecule has 0 spiro atoms. The second-order valence-electron chi connectivity index (χ2n) is 6.41. The average Bonchev–Trinajstić information content (AvgIpc) is 2.81. The van der Waals surface area contributed by atoms with Gasteiger partial charge in [-0.3, -0.25) is 0 Å². The Bertz CT molecular complexity index is 728. The van der Waals surface area contributed by atoms with Crippen LogP contribution >= 0.6 is 0 Å². The van der Waals surface area contributed by atoms with Crippen molar-refractivity contribution in [3.05, 3.63) is 36.8 Å². The van der Waals surface area contributed by atoms with E-state index in [-0.39, 0.29) is 0 Å². The molecule has 0 radical (unpaired) electrons. The average molecular weight is 280 g/mol. The van der Waals surface area contributed by atoms with E-state index in [0.29, 0.717) is 11.8 Å². The van der Waals surface area contributed by atoms with Crippen LogP contribution in [0.25, 0.3) is 21.9 Å². The largest absolute Gasteiger partial charge is 0.310 e. The smallest absolute Gasteiger partial charge is 0.163 e. The molecule has 1 saturated heterocycles. The van der Waals surface area contributed by atoms with Gasteiger partial charge in [-0.1, -0.05) is 32.0 Å². The van der Waals surface area contributed by atoms with Gasteiger partial charge in [0.05, 0.1) is 5.52 Å². The fraction of sp³-hybridized carbons (Fsp3) is 0.412. The topological polar surface area (TPSA) is 34.0 Å². The lowest BCUT2D eigenvalue weighted by molar-refractivity contribution is 0.319. The van der Waals surface area contributed by atoms with Gasteiger partial charge in [-0.15, -0.1) is 0 Å². The molecule has 1 aromatic carbocycles. The minimum absolute atomic E-state index is 0.715. The van der Waals surface area contributed by atoms with Crippen molar-refractivity contribution in [3.8, 4) is 0 Å². The van der Waals surface area contributed by atoms with Crippen LogP contribution in [0.2, 0.25) is 0 Å². The normalized spacial score (nSPS) is 23.0. The molecule has 4 nitrogen and oxygen atoms in total. The maximum absolute atomic E-state index is 4.55. The SMILES string of the molecule is CC1CC(C)CN(n2c3ccccc3c3cncnc32)C1. The van der Waals surface area contributed by atoms with Gasteiger partial charge in [0, 0.05) is 30.1 Å². The highest BCUT2D eigenvalue weighted by Crippen LogP contribution is 2.29. The van der Waals surface area contributed by atoms with Crippen LogP contribution in [0.3, 0.4) is 0 Å².